The number of halogens is 4. The lowest BCUT2D eigenvalue weighted by Crippen LogP contribution is -2.29. The molecule has 20 heteroatoms. The van der Waals surface area contributed by atoms with E-state index in [-0.39, 0.29) is 40.7 Å². The number of fused-ring (bicyclic) bond motifs is 2. The molecule has 1 amide bonds. The highest BCUT2D eigenvalue weighted by atomic mass is 19.1. The molecule has 0 aliphatic rings. The topological polar surface area (TPSA) is 192 Å². The summed E-state index contributed by atoms with van der Waals surface area (Å²) in [7, 11) is 0. The van der Waals surface area contributed by atoms with Gasteiger partial charge in [0, 0.05) is 58.7 Å². The Morgan fingerprint density at radius 2 is 0.922 bits per heavy atom. The van der Waals surface area contributed by atoms with Crippen LogP contribution < -0.4 is 27.1 Å². The third kappa shape index (κ3) is 13.4. The van der Waals surface area contributed by atoms with Gasteiger partial charge < -0.3 is 30.9 Å². The number of nitrogens with one attached hydrogen (secondary N) is 3. The van der Waals surface area contributed by atoms with Crippen molar-refractivity contribution in [2.24, 2.45) is 0 Å². The summed E-state index contributed by atoms with van der Waals surface area (Å²) in [4.78, 5) is 72.6. The number of amides is 1. The van der Waals surface area contributed by atoms with Gasteiger partial charge >= 0.3 is 5.97 Å². The van der Waals surface area contributed by atoms with Crippen molar-refractivity contribution >= 4 is 45.8 Å². The minimum Gasteiger partial charge on any atom is -0.478 e. The predicted octanol–water partition coefficient (Wildman–Crippen LogP) is 9.58. The fraction of sp³-hybridized carbons (Fsp3) is 0.298. The molecule has 0 spiro atoms. The molecule has 4 aromatic heterocycles. The number of carbonyl (C=O) groups excluding carboxylic acids is 1. The number of carboxylic acid groups (broad SMARTS) is 1. The number of hydrogen-bond donors (Lipinski definition) is 4. The van der Waals surface area contributed by atoms with Gasteiger partial charge in [-0.1, -0.05) is 64.1 Å². The summed E-state index contributed by atoms with van der Waals surface area (Å²) in [6, 6.07) is 25.2. The quantitative estimate of drug-likeness (QED) is 0.0393. The van der Waals surface area contributed by atoms with Crippen molar-refractivity contribution < 1.29 is 32.3 Å². The normalized spacial score (nSPS) is 11.3. The minimum absolute atomic E-state index is 0.0103. The van der Waals surface area contributed by atoms with Crippen LogP contribution >= 0.6 is 0 Å². The van der Waals surface area contributed by atoms with Crippen LogP contribution in [-0.4, -0.2) is 114 Å². The number of aromatic carboxylic acids is 1. The van der Waals surface area contributed by atoms with E-state index < -0.39 is 51.7 Å². The van der Waals surface area contributed by atoms with Crippen molar-refractivity contribution in [3.63, 3.8) is 0 Å². The van der Waals surface area contributed by atoms with E-state index in [0.29, 0.717) is 51.9 Å². The molecule has 0 atom stereocenters. The van der Waals surface area contributed by atoms with E-state index in [1.165, 1.54) is 42.5 Å². The zero-order chi connectivity index (χ0) is 55.3. The molecule has 77 heavy (non-hydrogen) atoms. The van der Waals surface area contributed by atoms with E-state index in [4.69, 9.17) is 4.98 Å². The van der Waals surface area contributed by atoms with Gasteiger partial charge in [0.2, 0.25) is 11.9 Å². The smallest absolute Gasteiger partial charge is 0.335 e. The molecular weight excluding hydrogens is 995 g/mol. The van der Waals surface area contributed by atoms with Gasteiger partial charge in [0.15, 0.2) is 11.3 Å². The first-order valence-electron chi connectivity index (χ1n) is 25.5. The van der Waals surface area contributed by atoms with Crippen LogP contribution in [0.5, 0.6) is 0 Å². The second-order valence-corrected chi connectivity index (χ2v) is 18.1. The van der Waals surface area contributed by atoms with E-state index in [9.17, 15) is 41.8 Å². The lowest BCUT2D eigenvalue weighted by molar-refractivity contribution is 0.0696. The highest BCUT2D eigenvalue weighted by Gasteiger charge is 2.22. The molecular formula is C57H61F4N11O5. The Labute approximate surface area is 442 Å². The second kappa shape index (κ2) is 25.9. The molecule has 0 saturated carbocycles. The third-order valence-electron chi connectivity index (χ3n) is 12.7. The highest BCUT2D eigenvalue weighted by Crippen LogP contribution is 2.31. The Morgan fingerprint density at radius 3 is 1.27 bits per heavy atom. The van der Waals surface area contributed by atoms with Gasteiger partial charge in [0.05, 0.1) is 17.0 Å². The molecule has 0 unspecified atom stereocenters. The van der Waals surface area contributed by atoms with Crippen molar-refractivity contribution in [2.75, 3.05) is 63.0 Å². The molecule has 0 aliphatic carbocycles. The summed E-state index contributed by atoms with van der Waals surface area (Å²) in [5.74, 6) is -4.45. The Kier molecular flexibility index (Phi) is 19.0. The van der Waals surface area contributed by atoms with Gasteiger partial charge in [-0.05, 0) is 127 Å². The van der Waals surface area contributed by atoms with Gasteiger partial charge in [-0.15, -0.1) is 0 Å². The molecule has 0 radical (unpaired) electrons. The largest absolute Gasteiger partial charge is 0.478 e. The van der Waals surface area contributed by atoms with Gasteiger partial charge in [-0.3, -0.25) is 23.5 Å². The Hall–Kier alpha value is -8.36. The van der Waals surface area contributed by atoms with Crippen LogP contribution in [0, 0.1) is 23.3 Å². The number of nitrogens with zero attached hydrogens (tertiary/aromatic N) is 8. The van der Waals surface area contributed by atoms with Crippen molar-refractivity contribution in [3.05, 3.63) is 164 Å². The van der Waals surface area contributed by atoms with Crippen molar-refractivity contribution in [1.29, 1.82) is 0 Å². The maximum Gasteiger partial charge on any atom is 0.335 e. The fourth-order valence-corrected chi connectivity index (χ4v) is 8.65. The highest BCUT2D eigenvalue weighted by molar-refractivity contribution is 5.97. The first-order chi connectivity index (χ1) is 37.1. The standard InChI is InChI=1S/C30H34F2N6O2.C27H27F2N5O3/c1-5-37(6-2)18-8-17-33-30-35-26(20-11-13-21(14-12-20)29(40)34-19(3)4)22-15-16-25(39)38(28(22)36-30)27-23(31)9-7-10-24(27)32;1-3-33(4-2)16-6-15-30-27-31-23(17-9-11-18(12-10-17)26(36)37)19-13-14-22(35)34(25(19)32-27)24-20(28)7-5-8-21(24)29/h7,9-16,19H,5-6,8,17-18H2,1-4H3,(H,34,40)(H,33,35,36);5,7-14H,3-4,6,15-16H2,1-2H3,(H,36,37)(H,30,31,32). The molecule has 8 aromatic rings. The van der Waals surface area contributed by atoms with Gasteiger partial charge in [-0.2, -0.15) is 9.97 Å². The molecule has 4 N–H and O–H groups in total. The molecule has 0 saturated heterocycles. The summed E-state index contributed by atoms with van der Waals surface area (Å²) in [5.41, 5.74) is 0.400. The number of carboxylic acids is 1. The number of para-hydroxylation sites is 2. The molecule has 0 fully saturated rings. The average Bonchev–Trinajstić information content (AvgIpc) is 3.42. The van der Waals surface area contributed by atoms with Gasteiger partial charge in [0.1, 0.15) is 34.6 Å². The molecule has 0 aliphatic heterocycles. The molecule has 8 rings (SSSR count). The predicted molar refractivity (Wildman–Crippen MR) is 292 cm³/mol. The summed E-state index contributed by atoms with van der Waals surface area (Å²) in [6.45, 7) is 18.7. The molecule has 4 heterocycles. The zero-order valence-corrected chi connectivity index (χ0v) is 43.7. The maximum atomic E-state index is 14.9. The SMILES string of the molecule is CCN(CC)CCCNc1nc(-c2ccc(C(=O)NC(C)C)cc2)c2ccc(=O)n(-c3c(F)cccc3F)c2n1.CCN(CC)CCCNc1nc(-c2ccc(C(=O)O)cc2)c2ccc(=O)n(-c3c(F)cccc3F)c2n1. The summed E-state index contributed by atoms with van der Waals surface area (Å²) in [6.07, 6.45) is 1.62. The number of benzene rings is 4. The fourth-order valence-electron chi connectivity index (χ4n) is 8.65. The van der Waals surface area contributed by atoms with Crippen LogP contribution in [0.3, 0.4) is 0 Å². The van der Waals surface area contributed by atoms with E-state index in [0.717, 1.165) is 85.5 Å². The maximum absolute atomic E-state index is 14.9. The Balaban J connectivity index is 0.000000224. The zero-order valence-electron chi connectivity index (χ0n) is 43.7. The number of anilines is 2. The number of carbonyl (C=O) groups is 2. The summed E-state index contributed by atoms with van der Waals surface area (Å²) < 4.78 is 61.1. The third-order valence-corrected chi connectivity index (χ3v) is 12.7. The van der Waals surface area contributed by atoms with Crippen LogP contribution in [0.2, 0.25) is 0 Å². The first kappa shape index (κ1) is 56.4. The number of pyridine rings is 2. The second-order valence-electron chi connectivity index (χ2n) is 18.1. The lowest BCUT2D eigenvalue weighted by Gasteiger charge is -2.18. The Bertz CT molecular complexity index is 3450. The van der Waals surface area contributed by atoms with E-state index >= 15 is 0 Å². The summed E-state index contributed by atoms with van der Waals surface area (Å²) >= 11 is 0. The van der Waals surface area contributed by atoms with Crippen LogP contribution in [0.15, 0.2) is 119 Å². The van der Waals surface area contributed by atoms with Crippen molar-refractivity contribution in [1.82, 2.24) is 44.2 Å². The van der Waals surface area contributed by atoms with E-state index in [1.807, 2.05) is 13.8 Å². The number of hydrogen-bond acceptors (Lipinski definition) is 12. The average molecular weight is 1060 g/mol. The van der Waals surface area contributed by atoms with Crippen LogP contribution in [0.4, 0.5) is 29.5 Å². The van der Waals surface area contributed by atoms with Crippen molar-refractivity contribution in [3.8, 4) is 33.9 Å². The van der Waals surface area contributed by atoms with Gasteiger partial charge in [-0.25, -0.2) is 32.3 Å². The molecule has 0 bridgehead atoms. The molecule has 4 aromatic carbocycles. The molecule has 402 valence electrons. The Morgan fingerprint density at radius 1 is 0.545 bits per heavy atom. The van der Waals surface area contributed by atoms with E-state index in [1.54, 1.807) is 42.5 Å². The van der Waals surface area contributed by atoms with Crippen LogP contribution in [-0.2, 0) is 0 Å². The lowest BCUT2D eigenvalue weighted by atomic mass is 10.1. The molecule has 16 nitrogen and oxygen atoms in total. The van der Waals surface area contributed by atoms with Crippen LogP contribution in [0.1, 0.15) is 75.1 Å². The summed E-state index contributed by atoms with van der Waals surface area (Å²) in [5, 5.41) is 19.3. The minimum atomic E-state index is -1.07. The first-order valence-corrected chi connectivity index (χ1v) is 25.5. The van der Waals surface area contributed by atoms with Crippen LogP contribution in [0.25, 0.3) is 56.0 Å². The monoisotopic (exact) mass is 1060 g/mol. The number of aromatic nitrogens is 6. The van der Waals surface area contributed by atoms with E-state index in [2.05, 4.69) is 68.4 Å². The van der Waals surface area contributed by atoms with Crippen molar-refractivity contribution in [2.45, 2.75) is 60.4 Å². The van der Waals surface area contributed by atoms with Gasteiger partial charge in [0.25, 0.3) is 17.0 Å². The number of rotatable bonds is 21.